The molecule has 0 amide bonds. The van der Waals surface area contributed by atoms with Crippen molar-refractivity contribution in [3.8, 4) is 0 Å². The second-order valence-electron chi connectivity index (χ2n) is 5.58. The van der Waals surface area contributed by atoms with Crippen LogP contribution in [0.5, 0.6) is 0 Å². The molecule has 2 rings (SSSR count). The predicted molar refractivity (Wildman–Crippen MR) is 91.2 cm³/mol. The molecule has 118 valence electrons. The summed E-state index contributed by atoms with van der Waals surface area (Å²) in [6, 6.07) is 6.76. The van der Waals surface area contributed by atoms with Crippen LogP contribution in [-0.2, 0) is 10.0 Å². The predicted octanol–water partition coefficient (Wildman–Crippen LogP) is 3.84. The third-order valence-electron chi connectivity index (χ3n) is 3.90. The third-order valence-corrected chi connectivity index (χ3v) is 5.89. The van der Waals surface area contributed by atoms with Crippen LogP contribution in [0, 0.1) is 6.92 Å². The molecule has 2 unspecified atom stereocenters. The van der Waals surface area contributed by atoms with Gasteiger partial charge < -0.3 is 0 Å². The van der Waals surface area contributed by atoms with Crippen molar-refractivity contribution >= 4 is 10.0 Å². The monoisotopic (exact) mass is 317 g/mol. The fourth-order valence-electron chi connectivity index (χ4n) is 2.80. The standard InChI is InChI=1S/C18H23NO2S/c1-4-7-16-9-6-10-17(8-5-2)19(16)22(20,21)18-13-11-15(3)12-14-18/h4-6,9,11-14,16-17H,1-2,7-8,10H2,3H3. The minimum absolute atomic E-state index is 0.0845. The lowest BCUT2D eigenvalue weighted by Gasteiger charge is -2.37. The van der Waals surface area contributed by atoms with Gasteiger partial charge in [0.1, 0.15) is 0 Å². The van der Waals surface area contributed by atoms with Crippen molar-refractivity contribution in [3.63, 3.8) is 0 Å². The van der Waals surface area contributed by atoms with E-state index in [2.05, 4.69) is 19.2 Å². The summed E-state index contributed by atoms with van der Waals surface area (Å²) in [6.07, 6.45) is 9.54. The summed E-state index contributed by atoms with van der Waals surface area (Å²) >= 11 is 0. The molecule has 1 heterocycles. The Kier molecular flexibility index (Phi) is 5.37. The summed E-state index contributed by atoms with van der Waals surface area (Å²) in [5.41, 5.74) is 1.04. The van der Waals surface area contributed by atoms with E-state index in [-0.39, 0.29) is 12.1 Å². The molecular formula is C18H23NO2S. The summed E-state index contributed by atoms with van der Waals surface area (Å²) in [5, 5.41) is 0. The van der Waals surface area contributed by atoms with E-state index in [1.165, 1.54) is 0 Å². The van der Waals surface area contributed by atoms with Gasteiger partial charge in [-0.05, 0) is 38.3 Å². The molecule has 1 aromatic carbocycles. The Morgan fingerprint density at radius 1 is 1.18 bits per heavy atom. The van der Waals surface area contributed by atoms with Gasteiger partial charge in [0, 0.05) is 12.1 Å². The van der Waals surface area contributed by atoms with Gasteiger partial charge >= 0.3 is 0 Å². The van der Waals surface area contributed by atoms with Crippen molar-refractivity contribution in [2.45, 2.75) is 43.2 Å². The lowest BCUT2D eigenvalue weighted by molar-refractivity contribution is 0.268. The third kappa shape index (κ3) is 3.39. The maximum atomic E-state index is 13.1. The van der Waals surface area contributed by atoms with Crippen molar-refractivity contribution in [1.29, 1.82) is 0 Å². The van der Waals surface area contributed by atoms with Gasteiger partial charge in [0.15, 0.2) is 0 Å². The average Bonchev–Trinajstić information content (AvgIpc) is 2.48. The molecule has 1 aliphatic heterocycles. The van der Waals surface area contributed by atoms with E-state index in [0.717, 1.165) is 5.56 Å². The molecule has 0 saturated carbocycles. The van der Waals surface area contributed by atoms with Crippen LogP contribution >= 0.6 is 0 Å². The zero-order valence-corrected chi connectivity index (χ0v) is 13.8. The smallest absolute Gasteiger partial charge is 0.207 e. The Hall–Kier alpha value is -1.65. The molecular weight excluding hydrogens is 294 g/mol. The van der Waals surface area contributed by atoms with Gasteiger partial charge in [0.2, 0.25) is 10.0 Å². The van der Waals surface area contributed by atoms with Crippen LogP contribution in [0.2, 0.25) is 0 Å². The molecule has 2 atom stereocenters. The van der Waals surface area contributed by atoms with Crippen LogP contribution in [0.4, 0.5) is 0 Å². The number of hydrogen-bond donors (Lipinski definition) is 0. The van der Waals surface area contributed by atoms with Crippen molar-refractivity contribution in [1.82, 2.24) is 4.31 Å². The van der Waals surface area contributed by atoms with Crippen molar-refractivity contribution < 1.29 is 8.42 Å². The molecule has 1 aromatic rings. The first-order valence-electron chi connectivity index (χ1n) is 7.49. The number of hydrogen-bond acceptors (Lipinski definition) is 2. The molecule has 3 nitrogen and oxygen atoms in total. The topological polar surface area (TPSA) is 37.4 Å². The molecule has 0 N–H and O–H groups in total. The Balaban J connectivity index is 2.45. The first kappa shape index (κ1) is 16.7. The van der Waals surface area contributed by atoms with Crippen LogP contribution in [-0.4, -0.2) is 24.8 Å². The van der Waals surface area contributed by atoms with Gasteiger partial charge in [-0.2, -0.15) is 4.31 Å². The molecule has 4 heteroatoms. The van der Waals surface area contributed by atoms with Gasteiger partial charge in [-0.15, -0.1) is 13.2 Å². The Labute approximate surface area is 133 Å². The first-order valence-corrected chi connectivity index (χ1v) is 8.93. The highest BCUT2D eigenvalue weighted by molar-refractivity contribution is 7.89. The van der Waals surface area contributed by atoms with E-state index in [9.17, 15) is 8.42 Å². The minimum atomic E-state index is -3.53. The minimum Gasteiger partial charge on any atom is -0.207 e. The van der Waals surface area contributed by atoms with Gasteiger partial charge in [-0.25, -0.2) is 8.42 Å². The highest BCUT2D eigenvalue weighted by atomic mass is 32.2. The lowest BCUT2D eigenvalue weighted by atomic mass is 10.0. The fourth-order valence-corrected chi connectivity index (χ4v) is 4.61. The van der Waals surface area contributed by atoms with E-state index in [4.69, 9.17) is 0 Å². The van der Waals surface area contributed by atoms with Crippen LogP contribution in [0.1, 0.15) is 24.8 Å². The van der Waals surface area contributed by atoms with E-state index < -0.39 is 10.0 Å². The summed E-state index contributed by atoms with van der Waals surface area (Å²) in [4.78, 5) is 0.344. The Morgan fingerprint density at radius 2 is 1.82 bits per heavy atom. The number of nitrogens with zero attached hydrogens (tertiary/aromatic N) is 1. The molecule has 0 saturated heterocycles. The highest BCUT2D eigenvalue weighted by Gasteiger charge is 2.36. The summed E-state index contributed by atoms with van der Waals surface area (Å²) in [6.45, 7) is 9.46. The van der Waals surface area contributed by atoms with Gasteiger partial charge in [0.25, 0.3) is 0 Å². The van der Waals surface area contributed by atoms with E-state index in [1.54, 1.807) is 28.6 Å². The van der Waals surface area contributed by atoms with Crippen molar-refractivity contribution in [2.24, 2.45) is 0 Å². The Bertz CT molecular complexity index is 659. The van der Waals surface area contributed by atoms with Gasteiger partial charge in [-0.1, -0.05) is 42.0 Å². The molecule has 0 radical (unpaired) electrons. The van der Waals surface area contributed by atoms with E-state index >= 15 is 0 Å². The molecule has 0 aliphatic carbocycles. The second-order valence-corrected chi connectivity index (χ2v) is 7.42. The zero-order valence-electron chi connectivity index (χ0n) is 13.0. The van der Waals surface area contributed by atoms with Crippen LogP contribution in [0.3, 0.4) is 0 Å². The normalized spacial score (nSPS) is 22.4. The van der Waals surface area contributed by atoms with Crippen molar-refractivity contribution in [3.05, 3.63) is 67.3 Å². The molecule has 22 heavy (non-hydrogen) atoms. The largest absolute Gasteiger partial charge is 0.243 e. The highest BCUT2D eigenvalue weighted by Crippen LogP contribution is 2.30. The SMILES string of the molecule is C=CCC1C=CCC(CC=C)N1S(=O)(=O)c1ccc(C)cc1. The number of sulfonamides is 1. The lowest BCUT2D eigenvalue weighted by Crippen LogP contribution is -2.47. The first-order chi connectivity index (χ1) is 10.5. The van der Waals surface area contributed by atoms with Crippen LogP contribution in [0.25, 0.3) is 0 Å². The number of rotatable bonds is 6. The van der Waals surface area contributed by atoms with Gasteiger partial charge in [-0.3, -0.25) is 0 Å². The molecule has 0 bridgehead atoms. The van der Waals surface area contributed by atoms with E-state index in [0.29, 0.717) is 24.2 Å². The van der Waals surface area contributed by atoms with Crippen molar-refractivity contribution in [2.75, 3.05) is 0 Å². The summed E-state index contributed by atoms with van der Waals surface area (Å²) < 4.78 is 27.8. The number of benzene rings is 1. The summed E-state index contributed by atoms with van der Waals surface area (Å²) in [7, 11) is -3.53. The zero-order chi connectivity index (χ0) is 16.2. The second kappa shape index (κ2) is 7.07. The quantitative estimate of drug-likeness (QED) is 0.748. The fraction of sp³-hybridized carbons (Fsp3) is 0.333. The molecule has 0 spiro atoms. The Morgan fingerprint density at radius 3 is 2.41 bits per heavy atom. The van der Waals surface area contributed by atoms with Crippen LogP contribution < -0.4 is 0 Å². The molecule has 1 aliphatic rings. The molecule has 0 aromatic heterocycles. The maximum absolute atomic E-state index is 13.1. The summed E-state index contributed by atoms with van der Waals surface area (Å²) in [5.74, 6) is 0. The maximum Gasteiger partial charge on any atom is 0.243 e. The molecule has 0 fully saturated rings. The average molecular weight is 317 g/mol. The van der Waals surface area contributed by atoms with Gasteiger partial charge in [0.05, 0.1) is 4.90 Å². The number of aryl methyl sites for hydroxylation is 1. The van der Waals surface area contributed by atoms with Crippen LogP contribution in [0.15, 0.2) is 66.6 Å². The van der Waals surface area contributed by atoms with E-state index in [1.807, 2.05) is 25.1 Å².